The number of primary amides is 1. The first-order valence-electron chi connectivity index (χ1n) is 4.94. The van der Waals surface area contributed by atoms with Gasteiger partial charge in [0.25, 0.3) is 0 Å². The third kappa shape index (κ3) is 7.70. The minimum absolute atomic E-state index is 0.234. The Labute approximate surface area is 100 Å². The second-order valence-electron chi connectivity index (χ2n) is 5.00. The summed E-state index contributed by atoms with van der Waals surface area (Å²) in [4.78, 5) is 21.4. The Morgan fingerprint density at radius 3 is 2.12 bits per heavy atom. The van der Waals surface area contributed by atoms with E-state index in [4.69, 9.17) is 10.8 Å². The average molecular weight is 266 g/mol. The Hall–Kier alpha value is -1.15. The number of sulfonamides is 1. The molecule has 0 aromatic heterocycles. The first-order chi connectivity index (χ1) is 7.43. The Morgan fingerprint density at radius 2 is 1.82 bits per heavy atom. The van der Waals surface area contributed by atoms with Crippen molar-refractivity contribution in [2.75, 3.05) is 5.75 Å². The van der Waals surface area contributed by atoms with Gasteiger partial charge in [0, 0.05) is 0 Å². The molecule has 0 fully saturated rings. The number of rotatable bonds is 6. The monoisotopic (exact) mass is 266 g/mol. The zero-order chi connectivity index (χ0) is 13.9. The summed E-state index contributed by atoms with van der Waals surface area (Å²) in [6.07, 6.45) is -0.571. The van der Waals surface area contributed by atoms with Gasteiger partial charge in [-0.15, -0.1) is 0 Å². The molecule has 0 aliphatic rings. The van der Waals surface area contributed by atoms with Gasteiger partial charge in [-0.05, 0) is 5.41 Å². The number of carbonyl (C=O) groups excluding carboxylic acids is 1. The molecular weight excluding hydrogens is 248 g/mol. The van der Waals surface area contributed by atoms with Gasteiger partial charge in [0.2, 0.25) is 15.9 Å². The molecule has 0 aliphatic carbocycles. The highest BCUT2D eigenvalue weighted by atomic mass is 32.2. The minimum Gasteiger partial charge on any atom is -0.480 e. The Bertz CT molecular complexity index is 396. The zero-order valence-corrected chi connectivity index (χ0v) is 10.9. The van der Waals surface area contributed by atoms with Crippen molar-refractivity contribution in [2.45, 2.75) is 33.2 Å². The van der Waals surface area contributed by atoms with Crippen LogP contribution in [-0.4, -0.2) is 37.2 Å². The normalized spacial score (nSPS) is 14.3. The molecule has 0 aliphatic heterocycles. The highest BCUT2D eigenvalue weighted by molar-refractivity contribution is 7.89. The van der Waals surface area contributed by atoms with Crippen LogP contribution < -0.4 is 10.5 Å². The van der Waals surface area contributed by atoms with Crippen molar-refractivity contribution >= 4 is 21.9 Å². The van der Waals surface area contributed by atoms with Gasteiger partial charge in [0.05, 0.1) is 12.2 Å². The molecule has 0 saturated heterocycles. The van der Waals surface area contributed by atoms with Gasteiger partial charge in [-0.25, -0.2) is 13.1 Å². The standard InChI is InChI=1S/C9H18N2O5S/c1-9(2,3)5-17(15,16)11-6(8(13)14)4-7(10)12/h6,11H,4-5H2,1-3H3,(H2,10,12)(H,13,14)/t6-/m1/s1. The second kappa shape index (κ2) is 5.46. The molecule has 0 spiro atoms. The number of nitrogens with one attached hydrogen (secondary N) is 1. The quantitative estimate of drug-likeness (QED) is 0.584. The van der Waals surface area contributed by atoms with Gasteiger partial charge in [-0.3, -0.25) is 9.59 Å². The van der Waals surface area contributed by atoms with E-state index in [1.54, 1.807) is 20.8 Å². The number of hydrogen-bond acceptors (Lipinski definition) is 4. The van der Waals surface area contributed by atoms with E-state index in [2.05, 4.69) is 0 Å². The summed E-state index contributed by atoms with van der Waals surface area (Å²) in [5, 5.41) is 8.75. The van der Waals surface area contributed by atoms with Crippen molar-refractivity contribution < 1.29 is 23.1 Å². The maximum Gasteiger partial charge on any atom is 0.322 e. The van der Waals surface area contributed by atoms with Crippen LogP contribution in [0.4, 0.5) is 0 Å². The van der Waals surface area contributed by atoms with Crippen LogP contribution in [0, 0.1) is 5.41 Å². The lowest BCUT2D eigenvalue weighted by atomic mass is 10.0. The smallest absolute Gasteiger partial charge is 0.322 e. The van der Waals surface area contributed by atoms with E-state index in [9.17, 15) is 18.0 Å². The molecule has 0 heterocycles. The fourth-order valence-electron chi connectivity index (χ4n) is 1.21. The number of amides is 1. The molecule has 0 bridgehead atoms. The number of carboxylic acids is 1. The number of carboxylic acid groups (broad SMARTS) is 1. The van der Waals surface area contributed by atoms with Crippen molar-refractivity contribution in [3.8, 4) is 0 Å². The molecule has 8 heteroatoms. The van der Waals surface area contributed by atoms with Gasteiger partial charge in [0.15, 0.2) is 0 Å². The summed E-state index contributed by atoms with van der Waals surface area (Å²) >= 11 is 0. The van der Waals surface area contributed by atoms with Crippen LogP contribution in [0.5, 0.6) is 0 Å². The van der Waals surface area contributed by atoms with Gasteiger partial charge in [-0.2, -0.15) is 0 Å². The van der Waals surface area contributed by atoms with Crippen molar-refractivity contribution in [3.05, 3.63) is 0 Å². The summed E-state index contributed by atoms with van der Waals surface area (Å²) in [5.41, 5.74) is 4.33. The molecule has 0 aromatic rings. The summed E-state index contributed by atoms with van der Waals surface area (Å²) < 4.78 is 25.2. The molecule has 1 amide bonds. The van der Waals surface area contributed by atoms with Crippen molar-refractivity contribution in [3.63, 3.8) is 0 Å². The molecule has 1 atom stereocenters. The van der Waals surface area contributed by atoms with Crippen LogP contribution in [0.3, 0.4) is 0 Å². The van der Waals surface area contributed by atoms with Crippen LogP contribution in [0.15, 0.2) is 0 Å². The lowest BCUT2D eigenvalue weighted by Crippen LogP contribution is -2.45. The van der Waals surface area contributed by atoms with E-state index in [-0.39, 0.29) is 5.75 Å². The molecule has 100 valence electrons. The predicted octanol–water partition coefficient (Wildman–Crippen LogP) is -0.719. The first-order valence-corrected chi connectivity index (χ1v) is 6.59. The maximum atomic E-state index is 11.6. The van der Waals surface area contributed by atoms with Crippen molar-refractivity contribution in [1.82, 2.24) is 4.72 Å². The number of nitrogens with two attached hydrogens (primary N) is 1. The average Bonchev–Trinajstić information content (AvgIpc) is 1.95. The van der Waals surface area contributed by atoms with Crippen LogP contribution in [0.25, 0.3) is 0 Å². The van der Waals surface area contributed by atoms with Gasteiger partial charge < -0.3 is 10.8 Å². The summed E-state index contributed by atoms with van der Waals surface area (Å²) in [6.45, 7) is 5.11. The van der Waals surface area contributed by atoms with Crippen molar-refractivity contribution in [2.24, 2.45) is 11.1 Å². The molecule has 17 heavy (non-hydrogen) atoms. The maximum absolute atomic E-state index is 11.6. The SMILES string of the molecule is CC(C)(C)CS(=O)(=O)N[C@H](CC(N)=O)C(=O)O. The molecule has 0 saturated carbocycles. The van der Waals surface area contributed by atoms with E-state index < -0.39 is 39.8 Å². The highest BCUT2D eigenvalue weighted by Crippen LogP contribution is 2.15. The minimum atomic E-state index is -3.77. The van der Waals surface area contributed by atoms with E-state index in [0.29, 0.717) is 0 Å². The van der Waals surface area contributed by atoms with Crippen LogP contribution in [-0.2, 0) is 19.6 Å². The third-order valence-electron chi connectivity index (χ3n) is 1.65. The van der Waals surface area contributed by atoms with Gasteiger partial charge >= 0.3 is 5.97 Å². The molecule has 7 nitrogen and oxygen atoms in total. The van der Waals surface area contributed by atoms with Crippen LogP contribution >= 0.6 is 0 Å². The third-order valence-corrected chi connectivity index (χ3v) is 3.54. The molecule has 0 rings (SSSR count). The zero-order valence-electron chi connectivity index (χ0n) is 10.1. The van der Waals surface area contributed by atoms with Crippen molar-refractivity contribution in [1.29, 1.82) is 0 Å². The van der Waals surface area contributed by atoms with E-state index >= 15 is 0 Å². The van der Waals surface area contributed by atoms with Gasteiger partial charge in [0.1, 0.15) is 6.04 Å². The second-order valence-corrected chi connectivity index (χ2v) is 6.75. The molecular formula is C9H18N2O5S. The largest absolute Gasteiger partial charge is 0.480 e. The number of aliphatic carboxylic acids is 1. The predicted molar refractivity (Wildman–Crippen MR) is 61.6 cm³/mol. The van der Waals surface area contributed by atoms with Crippen LogP contribution in [0.1, 0.15) is 27.2 Å². The van der Waals surface area contributed by atoms with Gasteiger partial charge in [-0.1, -0.05) is 20.8 Å². The van der Waals surface area contributed by atoms with E-state index in [0.717, 1.165) is 0 Å². The highest BCUT2D eigenvalue weighted by Gasteiger charge is 2.28. The molecule has 4 N–H and O–H groups in total. The Kier molecular flexibility index (Phi) is 5.09. The van der Waals surface area contributed by atoms with E-state index in [1.165, 1.54) is 0 Å². The summed E-state index contributed by atoms with van der Waals surface area (Å²) in [6, 6.07) is -1.51. The molecule has 0 aromatic carbocycles. The summed E-state index contributed by atoms with van der Waals surface area (Å²) in [5.74, 6) is -2.54. The molecule has 0 radical (unpaired) electrons. The number of carbonyl (C=O) groups is 2. The lowest BCUT2D eigenvalue weighted by molar-refractivity contribution is -0.140. The fraction of sp³-hybridized carbons (Fsp3) is 0.778. The van der Waals surface area contributed by atoms with E-state index in [1.807, 2.05) is 4.72 Å². The fourth-order valence-corrected chi connectivity index (χ4v) is 3.05. The molecule has 0 unspecified atom stereocenters. The number of hydrogen-bond donors (Lipinski definition) is 3. The summed E-state index contributed by atoms with van der Waals surface area (Å²) in [7, 11) is -3.77. The Morgan fingerprint density at radius 1 is 1.35 bits per heavy atom. The lowest BCUT2D eigenvalue weighted by Gasteiger charge is -2.20. The first kappa shape index (κ1) is 15.9. The van der Waals surface area contributed by atoms with Crippen LogP contribution in [0.2, 0.25) is 0 Å². The topological polar surface area (TPSA) is 127 Å². The Balaban J connectivity index is 4.76.